The summed E-state index contributed by atoms with van der Waals surface area (Å²) in [5.74, 6) is -0.0388. The van der Waals surface area contributed by atoms with Gasteiger partial charge in [0.25, 0.3) is 0 Å². The van der Waals surface area contributed by atoms with Gasteiger partial charge in [-0.15, -0.1) is 0 Å². The summed E-state index contributed by atoms with van der Waals surface area (Å²) in [5, 5.41) is 6.28. The van der Waals surface area contributed by atoms with Crippen LogP contribution in [-0.4, -0.2) is 17.0 Å². The number of benzene rings is 1. The normalized spacial score (nSPS) is 12.1. The quantitative estimate of drug-likeness (QED) is 0.837. The molecule has 0 aliphatic heterocycles. The minimum Gasteiger partial charge on any atom is -0.341 e. The van der Waals surface area contributed by atoms with E-state index in [-0.39, 0.29) is 11.9 Å². The van der Waals surface area contributed by atoms with E-state index in [1.807, 2.05) is 47.2 Å². The number of amides is 1. The Morgan fingerprint density at radius 2 is 2.05 bits per heavy atom. The van der Waals surface area contributed by atoms with Crippen molar-refractivity contribution in [3.63, 3.8) is 0 Å². The van der Waals surface area contributed by atoms with Crippen LogP contribution in [0.2, 0.25) is 0 Å². The van der Waals surface area contributed by atoms with Crippen LogP contribution in [0.15, 0.2) is 47.1 Å². The first-order valence-electron chi connectivity index (χ1n) is 7.04. The van der Waals surface area contributed by atoms with Crippen LogP contribution < -0.4 is 10.6 Å². The third kappa shape index (κ3) is 4.19. The maximum absolute atomic E-state index is 12.2. The molecule has 0 saturated carbocycles. The van der Waals surface area contributed by atoms with Gasteiger partial charge in [-0.2, -0.15) is 0 Å². The Bertz CT molecular complexity index is 609. The number of aromatic nitrogens is 1. The monoisotopic (exact) mass is 349 g/mol. The first kappa shape index (κ1) is 15.8. The highest BCUT2D eigenvalue weighted by atomic mass is 79.9. The smallest absolute Gasteiger partial charge is 0.244 e. The second-order valence-electron chi connectivity index (χ2n) is 4.87. The Morgan fingerprint density at radius 1 is 1.29 bits per heavy atom. The fourth-order valence-electron chi connectivity index (χ4n) is 2.28. The number of hydrogen-bond acceptors (Lipinski definition) is 2. The molecule has 21 heavy (non-hydrogen) atoms. The highest BCUT2D eigenvalue weighted by Gasteiger charge is 2.12. The van der Waals surface area contributed by atoms with E-state index in [2.05, 4.69) is 40.4 Å². The molecule has 4 nitrogen and oxygen atoms in total. The number of halogens is 1. The Kier molecular flexibility index (Phi) is 5.59. The second-order valence-corrected chi connectivity index (χ2v) is 5.72. The van der Waals surface area contributed by atoms with Crippen molar-refractivity contribution in [1.82, 2.24) is 9.88 Å². The number of para-hydroxylation sites is 1. The van der Waals surface area contributed by atoms with Crippen LogP contribution in [0.1, 0.15) is 25.6 Å². The van der Waals surface area contributed by atoms with Crippen molar-refractivity contribution in [2.75, 3.05) is 11.9 Å². The van der Waals surface area contributed by atoms with Crippen LogP contribution in [0.3, 0.4) is 0 Å². The van der Waals surface area contributed by atoms with E-state index >= 15 is 0 Å². The highest BCUT2D eigenvalue weighted by molar-refractivity contribution is 9.10. The molecule has 2 aromatic rings. The maximum Gasteiger partial charge on any atom is 0.244 e. The average Bonchev–Trinajstić information content (AvgIpc) is 2.90. The van der Waals surface area contributed by atoms with Crippen molar-refractivity contribution in [1.29, 1.82) is 0 Å². The van der Waals surface area contributed by atoms with Crippen LogP contribution in [0.25, 0.3) is 0 Å². The Hall–Kier alpha value is -1.59. The van der Waals surface area contributed by atoms with E-state index in [9.17, 15) is 4.79 Å². The summed E-state index contributed by atoms with van der Waals surface area (Å²) in [7, 11) is 0. The minimum atomic E-state index is -0.0388. The number of anilines is 1. The molecule has 0 fully saturated rings. The zero-order chi connectivity index (χ0) is 15.2. The van der Waals surface area contributed by atoms with Crippen molar-refractivity contribution < 1.29 is 4.79 Å². The zero-order valence-electron chi connectivity index (χ0n) is 12.3. The molecule has 0 saturated heterocycles. The second kappa shape index (κ2) is 7.43. The van der Waals surface area contributed by atoms with Crippen LogP contribution in [0.4, 0.5) is 5.69 Å². The van der Waals surface area contributed by atoms with Crippen molar-refractivity contribution in [2.45, 2.75) is 26.4 Å². The van der Waals surface area contributed by atoms with Crippen LogP contribution >= 0.6 is 15.9 Å². The molecule has 1 unspecified atom stereocenters. The predicted molar refractivity (Wildman–Crippen MR) is 89.3 cm³/mol. The van der Waals surface area contributed by atoms with Crippen molar-refractivity contribution >= 4 is 27.5 Å². The predicted octanol–water partition coefficient (Wildman–Crippen LogP) is 3.56. The summed E-state index contributed by atoms with van der Waals surface area (Å²) in [6, 6.07) is 11.8. The summed E-state index contributed by atoms with van der Waals surface area (Å²) in [6.07, 6.45) is 1.93. The van der Waals surface area contributed by atoms with Gasteiger partial charge >= 0.3 is 0 Å². The SMILES string of the molecule is CCNC(C)c1cccn1CC(=O)Nc1ccccc1Br. The van der Waals surface area contributed by atoms with Crippen LogP contribution in [-0.2, 0) is 11.3 Å². The lowest BCUT2D eigenvalue weighted by Crippen LogP contribution is -2.24. The summed E-state index contributed by atoms with van der Waals surface area (Å²) in [6.45, 7) is 5.37. The number of nitrogens with zero attached hydrogens (tertiary/aromatic N) is 1. The van der Waals surface area contributed by atoms with E-state index in [0.29, 0.717) is 6.54 Å². The number of nitrogens with one attached hydrogen (secondary N) is 2. The third-order valence-electron chi connectivity index (χ3n) is 3.28. The van der Waals surface area contributed by atoms with Gasteiger partial charge in [0, 0.05) is 22.4 Å². The lowest BCUT2D eigenvalue weighted by Gasteiger charge is -2.16. The lowest BCUT2D eigenvalue weighted by molar-refractivity contribution is -0.116. The number of carbonyl (C=O) groups is 1. The molecule has 0 aliphatic rings. The van der Waals surface area contributed by atoms with Gasteiger partial charge in [-0.05, 0) is 53.7 Å². The molecule has 1 aromatic heterocycles. The van der Waals surface area contributed by atoms with Gasteiger partial charge in [0.2, 0.25) is 5.91 Å². The van der Waals surface area contributed by atoms with Crippen LogP contribution in [0, 0.1) is 0 Å². The van der Waals surface area contributed by atoms with Crippen molar-refractivity contribution in [3.8, 4) is 0 Å². The van der Waals surface area contributed by atoms with Gasteiger partial charge in [0.15, 0.2) is 0 Å². The molecule has 112 valence electrons. The number of hydrogen-bond donors (Lipinski definition) is 2. The van der Waals surface area contributed by atoms with E-state index < -0.39 is 0 Å². The number of rotatable bonds is 6. The summed E-state index contributed by atoms with van der Waals surface area (Å²) >= 11 is 3.43. The largest absolute Gasteiger partial charge is 0.341 e. The lowest BCUT2D eigenvalue weighted by atomic mass is 10.2. The summed E-state index contributed by atoms with van der Waals surface area (Å²) in [5.41, 5.74) is 1.90. The molecule has 0 radical (unpaired) electrons. The third-order valence-corrected chi connectivity index (χ3v) is 3.97. The van der Waals surface area contributed by atoms with Gasteiger partial charge in [-0.25, -0.2) is 0 Å². The molecular formula is C16H20BrN3O. The van der Waals surface area contributed by atoms with Crippen molar-refractivity contribution in [3.05, 3.63) is 52.8 Å². The van der Waals surface area contributed by atoms with Gasteiger partial charge in [0.1, 0.15) is 6.54 Å². The molecule has 1 aromatic carbocycles. The van der Waals surface area contributed by atoms with Gasteiger partial charge in [-0.1, -0.05) is 19.1 Å². The van der Waals surface area contributed by atoms with Crippen molar-refractivity contribution in [2.24, 2.45) is 0 Å². The van der Waals surface area contributed by atoms with E-state index in [1.54, 1.807) is 0 Å². The fraction of sp³-hybridized carbons (Fsp3) is 0.312. The molecule has 0 spiro atoms. The molecule has 0 aliphatic carbocycles. The van der Waals surface area contributed by atoms with Gasteiger partial charge in [0.05, 0.1) is 5.69 Å². The topological polar surface area (TPSA) is 46.1 Å². The first-order chi connectivity index (χ1) is 10.1. The molecule has 1 heterocycles. The van der Waals surface area contributed by atoms with Crippen LogP contribution in [0.5, 0.6) is 0 Å². The summed E-state index contributed by atoms with van der Waals surface area (Å²) in [4.78, 5) is 12.2. The van der Waals surface area contributed by atoms with E-state index in [1.165, 1.54) is 0 Å². The molecule has 5 heteroatoms. The van der Waals surface area contributed by atoms with Gasteiger partial charge in [-0.3, -0.25) is 4.79 Å². The standard InChI is InChI=1S/C16H20BrN3O/c1-3-18-12(2)15-9-6-10-20(15)11-16(21)19-14-8-5-4-7-13(14)17/h4-10,12,18H,3,11H2,1-2H3,(H,19,21). The van der Waals surface area contributed by atoms with Gasteiger partial charge < -0.3 is 15.2 Å². The fourth-order valence-corrected chi connectivity index (χ4v) is 2.67. The zero-order valence-corrected chi connectivity index (χ0v) is 13.9. The highest BCUT2D eigenvalue weighted by Crippen LogP contribution is 2.21. The molecule has 2 rings (SSSR count). The summed E-state index contributed by atoms with van der Waals surface area (Å²) < 4.78 is 2.85. The Balaban J connectivity index is 2.04. The maximum atomic E-state index is 12.2. The molecule has 1 atom stereocenters. The minimum absolute atomic E-state index is 0.0388. The Labute approximate surface area is 133 Å². The molecular weight excluding hydrogens is 330 g/mol. The molecule has 2 N–H and O–H groups in total. The molecule has 1 amide bonds. The van der Waals surface area contributed by atoms with E-state index in [4.69, 9.17) is 0 Å². The average molecular weight is 350 g/mol. The van der Waals surface area contributed by atoms with E-state index in [0.717, 1.165) is 22.4 Å². The Morgan fingerprint density at radius 3 is 2.76 bits per heavy atom. The first-order valence-corrected chi connectivity index (χ1v) is 7.84. The molecule has 0 bridgehead atoms. The number of carbonyl (C=O) groups excluding carboxylic acids is 1.